The molecule has 0 saturated carbocycles. The van der Waals surface area contributed by atoms with Crippen molar-refractivity contribution in [1.82, 2.24) is 0 Å². The number of carboxylic acids is 1. The second-order valence-electron chi connectivity index (χ2n) is 4.26. The maximum atomic E-state index is 10.9. The summed E-state index contributed by atoms with van der Waals surface area (Å²) in [4.78, 5) is 10.9. The number of fused-ring (bicyclic) bond motifs is 1. The Balaban J connectivity index is 0.00000162. The van der Waals surface area contributed by atoms with Gasteiger partial charge >= 0.3 is 5.97 Å². The molecular formula is C14H16ClNO2. The van der Waals surface area contributed by atoms with Crippen molar-refractivity contribution >= 4 is 29.1 Å². The Hall–Kier alpha value is -1.58. The zero-order valence-electron chi connectivity index (χ0n) is 10.0. The van der Waals surface area contributed by atoms with Crippen LogP contribution in [0.25, 0.3) is 10.8 Å². The van der Waals surface area contributed by atoms with E-state index in [1.807, 2.05) is 49.4 Å². The number of aliphatic carboxylic acids is 1. The van der Waals surface area contributed by atoms with Gasteiger partial charge in [0.05, 0.1) is 0 Å². The molecule has 3 N–H and O–H groups in total. The molecule has 3 nitrogen and oxygen atoms in total. The third-order valence-electron chi connectivity index (χ3n) is 3.12. The molecule has 2 rings (SSSR count). The maximum absolute atomic E-state index is 10.9. The van der Waals surface area contributed by atoms with Crippen LogP contribution in [-0.2, 0) is 4.79 Å². The first-order valence-electron chi connectivity index (χ1n) is 5.56. The molecule has 96 valence electrons. The van der Waals surface area contributed by atoms with E-state index in [1.165, 1.54) is 0 Å². The zero-order chi connectivity index (χ0) is 12.4. The molecule has 0 radical (unpaired) electrons. The van der Waals surface area contributed by atoms with Gasteiger partial charge in [0.15, 0.2) is 0 Å². The maximum Gasteiger partial charge on any atom is 0.321 e. The first kappa shape index (κ1) is 14.5. The molecule has 18 heavy (non-hydrogen) atoms. The summed E-state index contributed by atoms with van der Waals surface area (Å²) in [5.74, 6) is -1.16. The van der Waals surface area contributed by atoms with Gasteiger partial charge in [0.1, 0.15) is 6.04 Å². The largest absolute Gasteiger partial charge is 0.480 e. The molecule has 0 heterocycles. The van der Waals surface area contributed by atoms with E-state index in [0.717, 1.165) is 16.3 Å². The molecule has 0 spiro atoms. The van der Waals surface area contributed by atoms with Gasteiger partial charge in [-0.3, -0.25) is 4.79 Å². The number of carboxylic acid groups (broad SMARTS) is 1. The van der Waals surface area contributed by atoms with E-state index in [2.05, 4.69) is 0 Å². The lowest BCUT2D eigenvalue weighted by Gasteiger charge is -2.16. The molecule has 0 amide bonds. The summed E-state index contributed by atoms with van der Waals surface area (Å²) in [6, 6.07) is 13.1. The van der Waals surface area contributed by atoms with Crippen LogP contribution in [0.5, 0.6) is 0 Å². The topological polar surface area (TPSA) is 63.3 Å². The van der Waals surface area contributed by atoms with E-state index < -0.39 is 12.0 Å². The second-order valence-corrected chi connectivity index (χ2v) is 4.26. The quantitative estimate of drug-likeness (QED) is 0.897. The van der Waals surface area contributed by atoms with Crippen molar-refractivity contribution < 1.29 is 9.90 Å². The van der Waals surface area contributed by atoms with Crippen LogP contribution in [-0.4, -0.2) is 17.1 Å². The van der Waals surface area contributed by atoms with Crippen LogP contribution in [0.3, 0.4) is 0 Å². The van der Waals surface area contributed by atoms with Crippen LogP contribution >= 0.6 is 12.4 Å². The lowest BCUT2D eigenvalue weighted by atomic mass is 9.92. The smallest absolute Gasteiger partial charge is 0.321 e. The van der Waals surface area contributed by atoms with Crippen LogP contribution in [0.4, 0.5) is 0 Å². The summed E-state index contributed by atoms with van der Waals surface area (Å²) in [6.45, 7) is 1.84. The molecule has 0 saturated heterocycles. The van der Waals surface area contributed by atoms with Gasteiger partial charge in [-0.05, 0) is 16.3 Å². The number of benzene rings is 2. The van der Waals surface area contributed by atoms with E-state index >= 15 is 0 Å². The molecule has 0 aliphatic rings. The van der Waals surface area contributed by atoms with Crippen molar-refractivity contribution in [1.29, 1.82) is 0 Å². The van der Waals surface area contributed by atoms with Crippen molar-refractivity contribution in [3.05, 3.63) is 48.0 Å². The summed E-state index contributed by atoms with van der Waals surface area (Å²) in [5, 5.41) is 11.2. The Morgan fingerprint density at radius 3 is 2.39 bits per heavy atom. The highest BCUT2D eigenvalue weighted by Gasteiger charge is 2.21. The van der Waals surface area contributed by atoms with Crippen molar-refractivity contribution in [2.24, 2.45) is 5.73 Å². The molecule has 0 aromatic heterocycles. The third-order valence-corrected chi connectivity index (χ3v) is 3.12. The highest BCUT2D eigenvalue weighted by Crippen LogP contribution is 2.23. The normalized spacial score (nSPS) is 13.7. The van der Waals surface area contributed by atoms with Gasteiger partial charge in [-0.1, -0.05) is 49.4 Å². The molecular weight excluding hydrogens is 250 g/mol. The first-order chi connectivity index (χ1) is 8.09. The number of rotatable bonds is 3. The minimum atomic E-state index is -0.967. The predicted octanol–water partition coefficient (Wildman–Crippen LogP) is 2.78. The Bertz CT molecular complexity index is 556. The Morgan fingerprint density at radius 2 is 1.78 bits per heavy atom. The Morgan fingerprint density at radius 1 is 1.17 bits per heavy atom. The highest BCUT2D eigenvalue weighted by atomic mass is 35.5. The molecule has 0 bridgehead atoms. The minimum absolute atomic E-state index is 0. The van der Waals surface area contributed by atoms with Crippen LogP contribution < -0.4 is 5.73 Å². The van der Waals surface area contributed by atoms with Crippen molar-refractivity contribution in [2.75, 3.05) is 0 Å². The molecule has 2 aromatic rings. The summed E-state index contributed by atoms with van der Waals surface area (Å²) in [7, 11) is 0. The first-order valence-corrected chi connectivity index (χ1v) is 5.56. The van der Waals surface area contributed by atoms with E-state index in [-0.39, 0.29) is 18.3 Å². The molecule has 2 unspecified atom stereocenters. The van der Waals surface area contributed by atoms with Crippen molar-refractivity contribution in [3.8, 4) is 0 Å². The van der Waals surface area contributed by atoms with E-state index in [1.54, 1.807) is 0 Å². The number of halogens is 1. The molecule has 2 aromatic carbocycles. The van der Waals surface area contributed by atoms with Gasteiger partial charge in [0, 0.05) is 5.92 Å². The van der Waals surface area contributed by atoms with Crippen LogP contribution in [0, 0.1) is 0 Å². The highest BCUT2D eigenvalue weighted by molar-refractivity contribution is 5.85. The SMILES string of the molecule is CC(c1ccc2ccccc2c1)C(N)C(=O)O.Cl. The average molecular weight is 266 g/mol. The van der Waals surface area contributed by atoms with Gasteiger partial charge < -0.3 is 10.8 Å². The summed E-state index contributed by atoms with van der Waals surface area (Å²) in [6.07, 6.45) is 0. The average Bonchev–Trinajstić information content (AvgIpc) is 2.36. The van der Waals surface area contributed by atoms with Gasteiger partial charge in [-0.15, -0.1) is 12.4 Å². The van der Waals surface area contributed by atoms with Crippen LogP contribution in [0.2, 0.25) is 0 Å². The summed E-state index contributed by atoms with van der Waals surface area (Å²) in [5.41, 5.74) is 6.59. The lowest BCUT2D eigenvalue weighted by Crippen LogP contribution is -2.35. The van der Waals surface area contributed by atoms with Crippen molar-refractivity contribution in [2.45, 2.75) is 18.9 Å². The van der Waals surface area contributed by atoms with Gasteiger partial charge in [0.25, 0.3) is 0 Å². The fraction of sp³-hybridized carbons (Fsp3) is 0.214. The molecule has 0 fully saturated rings. The van der Waals surface area contributed by atoms with Gasteiger partial charge in [0.2, 0.25) is 0 Å². The number of nitrogens with two attached hydrogens (primary N) is 1. The van der Waals surface area contributed by atoms with Crippen LogP contribution in [0.15, 0.2) is 42.5 Å². The fourth-order valence-corrected chi connectivity index (χ4v) is 1.91. The number of hydrogen-bond acceptors (Lipinski definition) is 2. The van der Waals surface area contributed by atoms with Gasteiger partial charge in [-0.2, -0.15) is 0 Å². The van der Waals surface area contributed by atoms with Crippen LogP contribution in [0.1, 0.15) is 18.4 Å². The number of carbonyl (C=O) groups is 1. The van der Waals surface area contributed by atoms with E-state index in [0.29, 0.717) is 0 Å². The number of hydrogen-bond donors (Lipinski definition) is 2. The summed E-state index contributed by atoms with van der Waals surface area (Å²) < 4.78 is 0. The van der Waals surface area contributed by atoms with E-state index in [4.69, 9.17) is 10.8 Å². The zero-order valence-corrected chi connectivity index (χ0v) is 10.9. The molecule has 0 aliphatic heterocycles. The molecule has 4 heteroatoms. The summed E-state index contributed by atoms with van der Waals surface area (Å²) >= 11 is 0. The van der Waals surface area contributed by atoms with Gasteiger partial charge in [-0.25, -0.2) is 0 Å². The van der Waals surface area contributed by atoms with E-state index in [9.17, 15) is 4.79 Å². The Kier molecular flexibility index (Phi) is 4.70. The monoisotopic (exact) mass is 265 g/mol. The Labute approximate surface area is 112 Å². The fourth-order valence-electron chi connectivity index (χ4n) is 1.91. The third kappa shape index (κ3) is 2.81. The predicted molar refractivity (Wildman–Crippen MR) is 75.2 cm³/mol. The molecule has 0 aliphatic carbocycles. The lowest BCUT2D eigenvalue weighted by molar-refractivity contribution is -0.139. The molecule has 2 atom stereocenters. The van der Waals surface area contributed by atoms with Crippen molar-refractivity contribution in [3.63, 3.8) is 0 Å². The minimum Gasteiger partial charge on any atom is -0.480 e. The standard InChI is InChI=1S/C14H15NO2.ClH/c1-9(13(15)14(16)17)11-7-6-10-4-2-3-5-12(10)8-11;/h2-9,13H,15H2,1H3,(H,16,17);1H. The second kappa shape index (κ2) is 5.85.